The summed E-state index contributed by atoms with van der Waals surface area (Å²) in [4.78, 5) is 8.75. The van der Waals surface area contributed by atoms with Gasteiger partial charge in [-0.05, 0) is 24.1 Å². The zero-order valence-corrected chi connectivity index (χ0v) is 13.4. The Bertz CT molecular complexity index is 980. The zero-order valence-electron chi connectivity index (χ0n) is 13.4. The third-order valence-corrected chi connectivity index (χ3v) is 3.95. The third kappa shape index (κ3) is 3.33. The highest BCUT2D eigenvalue weighted by atomic mass is 19.1. The first kappa shape index (κ1) is 15.3. The molecule has 25 heavy (non-hydrogen) atoms. The predicted molar refractivity (Wildman–Crippen MR) is 94.8 cm³/mol. The number of halogens is 1. The van der Waals surface area contributed by atoms with E-state index >= 15 is 0 Å². The van der Waals surface area contributed by atoms with Crippen molar-refractivity contribution in [3.8, 4) is 11.3 Å². The molecule has 4 rings (SSSR count). The molecular weight excluding hydrogens is 317 g/mol. The van der Waals surface area contributed by atoms with Crippen LogP contribution >= 0.6 is 0 Å². The lowest BCUT2D eigenvalue weighted by Crippen LogP contribution is -2.10. The molecule has 0 aliphatic rings. The molecule has 6 heteroatoms. The van der Waals surface area contributed by atoms with Gasteiger partial charge in [0.05, 0.1) is 5.69 Å². The minimum Gasteiger partial charge on any atom is -0.370 e. The van der Waals surface area contributed by atoms with E-state index < -0.39 is 0 Å². The molecule has 2 aromatic carbocycles. The summed E-state index contributed by atoms with van der Waals surface area (Å²) in [5.41, 5.74) is 2.93. The Morgan fingerprint density at radius 2 is 1.80 bits per heavy atom. The van der Waals surface area contributed by atoms with Crippen LogP contribution in [0, 0.1) is 5.82 Å². The number of hydrogen-bond acceptors (Lipinski definition) is 4. The van der Waals surface area contributed by atoms with E-state index in [1.165, 1.54) is 18.5 Å². The van der Waals surface area contributed by atoms with Crippen molar-refractivity contribution in [3.63, 3.8) is 0 Å². The maximum absolute atomic E-state index is 13.0. The summed E-state index contributed by atoms with van der Waals surface area (Å²) in [6.45, 7) is 0.693. The Kier molecular flexibility index (Phi) is 4.08. The largest absolute Gasteiger partial charge is 0.370 e. The lowest BCUT2D eigenvalue weighted by Gasteiger charge is -2.10. The summed E-state index contributed by atoms with van der Waals surface area (Å²) >= 11 is 0. The normalized spacial score (nSPS) is 10.9. The standard InChI is InChI=1S/C19H16FN5/c20-16-8-6-14(7-9-16)10-11-21-18-12-17(15-4-2-1-3-5-15)24-19-22-13-23-25(18)19/h1-9,12-13,21H,10-11H2. The molecule has 5 nitrogen and oxygen atoms in total. The van der Waals surface area contributed by atoms with Gasteiger partial charge in [0.15, 0.2) is 0 Å². The van der Waals surface area contributed by atoms with Crippen LogP contribution < -0.4 is 5.32 Å². The highest BCUT2D eigenvalue weighted by Crippen LogP contribution is 2.21. The predicted octanol–water partition coefficient (Wildman–Crippen LogP) is 3.59. The van der Waals surface area contributed by atoms with Crippen molar-refractivity contribution in [1.29, 1.82) is 0 Å². The van der Waals surface area contributed by atoms with Gasteiger partial charge in [0, 0.05) is 18.2 Å². The summed E-state index contributed by atoms with van der Waals surface area (Å²) in [6, 6.07) is 18.5. The molecule has 0 radical (unpaired) electrons. The topological polar surface area (TPSA) is 55.1 Å². The number of rotatable bonds is 5. The first-order valence-corrected chi connectivity index (χ1v) is 8.04. The Balaban J connectivity index is 1.58. The van der Waals surface area contributed by atoms with E-state index in [-0.39, 0.29) is 5.82 Å². The lowest BCUT2D eigenvalue weighted by molar-refractivity contribution is 0.627. The van der Waals surface area contributed by atoms with Gasteiger partial charge in [0.25, 0.3) is 5.78 Å². The van der Waals surface area contributed by atoms with Crippen LogP contribution in [0.15, 0.2) is 67.0 Å². The third-order valence-electron chi connectivity index (χ3n) is 3.95. The molecule has 0 fully saturated rings. The zero-order chi connectivity index (χ0) is 17.1. The van der Waals surface area contributed by atoms with Crippen LogP contribution in [0.2, 0.25) is 0 Å². The number of nitrogens with one attached hydrogen (secondary N) is 1. The average Bonchev–Trinajstić information content (AvgIpc) is 3.13. The fraction of sp³-hybridized carbons (Fsp3) is 0.105. The number of aromatic nitrogens is 4. The number of fused-ring (bicyclic) bond motifs is 1. The summed E-state index contributed by atoms with van der Waals surface area (Å²) in [5.74, 6) is 1.15. The maximum atomic E-state index is 13.0. The smallest absolute Gasteiger partial charge is 0.254 e. The highest BCUT2D eigenvalue weighted by Gasteiger charge is 2.08. The van der Waals surface area contributed by atoms with Crippen molar-refractivity contribution in [2.24, 2.45) is 0 Å². The maximum Gasteiger partial charge on any atom is 0.254 e. The van der Waals surface area contributed by atoms with E-state index in [2.05, 4.69) is 20.4 Å². The molecule has 1 N–H and O–H groups in total. The lowest BCUT2D eigenvalue weighted by atomic mass is 10.1. The Labute approximate surface area is 144 Å². The van der Waals surface area contributed by atoms with Gasteiger partial charge in [0.1, 0.15) is 18.0 Å². The van der Waals surface area contributed by atoms with Gasteiger partial charge in [-0.2, -0.15) is 14.6 Å². The van der Waals surface area contributed by atoms with E-state index in [4.69, 9.17) is 0 Å². The molecule has 0 unspecified atom stereocenters. The number of anilines is 1. The Morgan fingerprint density at radius 1 is 1.00 bits per heavy atom. The fourth-order valence-electron chi connectivity index (χ4n) is 2.68. The van der Waals surface area contributed by atoms with Crippen molar-refractivity contribution < 1.29 is 4.39 Å². The Hall–Kier alpha value is -3.28. The van der Waals surface area contributed by atoms with E-state index in [9.17, 15) is 4.39 Å². The number of nitrogens with zero attached hydrogens (tertiary/aromatic N) is 4. The first-order valence-electron chi connectivity index (χ1n) is 8.04. The van der Waals surface area contributed by atoms with Gasteiger partial charge < -0.3 is 5.32 Å². The molecule has 0 saturated heterocycles. The summed E-state index contributed by atoms with van der Waals surface area (Å²) in [6.07, 6.45) is 2.27. The second kappa shape index (κ2) is 6.68. The molecule has 0 atom stereocenters. The van der Waals surface area contributed by atoms with Crippen molar-refractivity contribution >= 4 is 11.6 Å². The minimum absolute atomic E-state index is 0.220. The van der Waals surface area contributed by atoms with Crippen LogP contribution in [0.3, 0.4) is 0 Å². The van der Waals surface area contributed by atoms with Gasteiger partial charge in [0.2, 0.25) is 0 Å². The molecule has 0 aliphatic carbocycles. The van der Waals surface area contributed by atoms with Gasteiger partial charge in [-0.25, -0.2) is 9.37 Å². The van der Waals surface area contributed by atoms with Crippen molar-refractivity contribution in [2.75, 3.05) is 11.9 Å². The molecule has 2 heterocycles. The van der Waals surface area contributed by atoms with Crippen LogP contribution in [0.4, 0.5) is 10.2 Å². The second-order valence-electron chi connectivity index (χ2n) is 5.67. The quantitative estimate of drug-likeness (QED) is 0.606. The molecule has 0 spiro atoms. The van der Waals surface area contributed by atoms with E-state index in [1.807, 2.05) is 36.4 Å². The van der Waals surface area contributed by atoms with Crippen molar-refractivity contribution in [1.82, 2.24) is 19.6 Å². The monoisotopic (exact) mass is 333 g/mol. The van der Waals surface area contributed by atoms with Crippen LogP contribution in [-0.2, 0) is 6.42 Å². The molecule has 0 saturated carbocycles. The highest BCUT2D eigenvalue weighted by molar-refractivity contribution is 5.65. The Morgan fingerprint density at radius 3 is 2.60 bits per heavy atom. The van der Waals surface area contributed by atoms with Crippen molar-refractivity contribution in [3.05, 3.63) is 78.4 Å². The molecule has 4 aromatic rings. The summed E-state index contributed by atoms with van der Waals surface area (Å²) in [5, 5.41) is 7.60. The van der Waals surface area contributed by atoms with Crippen molar-refractivity contribution in [2.45, 2.75) is 6.42 Å². The summed E-state index contributed by atoms with van der Waals surface area (Å²) in [7, 11) is 0. The molecule has 124 valence electrons. The van der Waals surface area contributed by atoms with Crippen LogP contribution in [0.5, 0.6) is 0 Å². The minimum atomic E-state index is -0.220. The molecule has 0 aliphatic heterocycles. The van der Waals surface area contributed by atoms with Gasteiger partial charge in [-0.15, -0.1) is 0 Å². The van der Waals surface area contributed by atoms with Crippen LogP contribution in [0.1, 0.15) is 5.56 Å². The fourth-order valence-corrected chi connectivity index (χ4v) is 2.68. The van der Waals surface area contributed by atoms with E-state index in [0.717, 1.165) is 29.1 Å². The SMILES string of the molecule is Fc1ccc(CCNc2cc(-c3ccccc3)nc3ncnn23)cc1. The van der Waals surface area contributed by atoms with E-state index in [1.54, 1.807) is 16.6 Å². The number of benzene rings is 2. The van der Waals surface area contributed by atoms with Crippen LogP contribution in [-0.4, -0.2) is 26.1 Å². The number of hydrogen-bond donors (Lipinski definition) is 1. The first-order chi connectivity index (χ1) is 12.3. The molecule has 2 aromatic heterocycles. The van der Waals surface area contributed by atoms with Gasteiger partial charge >= 0.3 is 0 Å². The average molecular weight is 333 g/mol. The molecule has 0 bridgehead atoms. The molecule has 0 amide bonds. The van der Waals surface area contributed by atoms with Crippen LogP contribution in [0.25, 0.3) is 17.0 Å². The van der Waals surface area contributed by atoms with Gasteiger partial charge in [-0.3, -0.25) is 0 Å². The second-order valence-corrected chi connectivity index (χ2v) is 5.67. The van der Waals surface area contributed by atoms with E-state index in [0.29, 0.717) is 12.3 Å². The van der Waals surface area contributed by atoms with Gasteiger partial charge in [-0.1, -0.05) is 42.5 Å². The summed E-state index contributed by atoms with van der Waals surface area (Å²) < 4.78 is 14.7. The molecular formula is C19H16FN5.